The molecule has 0 bridgehead atoms. The van der Waals surface area contributed by atoms with Gasteiger partial charge in [0.05, 0.1) is 0 Å². The van der Waals surface area contributed by atoms with Gasteiger partial charge < -0.3 is 5.73 Å². The van der Waals surface area contributed by atoms with Gasteiger partial charge in [0.25, 0.3) is 0 Å². The Morgan fingerprint density at radius 2 is 1.84 bits per heavy atom. The van der Waals surface area contributed by atoms with Gasteiger partial charge in [0, 0.05) is 10.6 Å². The van der Waals surface area contributed by atoms with E-state index in [1.807, 2.05) is 0 Å². The van der Waals surface area contributed by atoms with Crippen molar-refractivity contribution in [3.05, 3.63) is 34.3 Å². The van der Waals surface area contributed by atoms with Crippen LogP contribution < -0.4 is 5.73 Å². The van der Waals surface area contributed by atoms with Crippen molar-refractivity contribution < 1.29 is 0 Å². The van der Waals surface area contributed by atoms with E-state index in [-0.39, 0.29) is 5.54 Å². The third-order valence-electron chi connectivity index (χ3n) is 5.28. The summed E-state index contributed by atoms with van der Waals surface area (Å²) >= 11 is 6.53. The minimum absolute atomic E-state index is 0.0940. The highest BCUT2D eigenvalue weighted by atomic mass is 35.5. The lowest BCUT2D eigenvalue weighted by Gasteiger charge is -2.39. The van der Waals surface area contributed by atoms with Gasteiger partial charge in [-0.1, -0.05) is 43.5 Å². The van der Waals surface area contributed by atoms with Crippen LogP contribution in [0.15, 0.2) is 18.2 Å². The van der Waals surface area contributed by atoms with Crippen LogP contribution in [-0.4, -0.2) is 0 Å². The number of halogens is 1. The van der Waals surface area contributed by atoms with E-state index in [2.05, 4.69) is 25.1 Å². The minimum atomic E-state index is -0.0940. The summed E-state index contributed by atoms with van der Waals surface area (Å²) in [5, 5.41) is 0.939. The lowest BCUT2D eigenvalue weighted by atomic mass is 9.72. The molecule has 2 saturated carbocycles. The highest BCUT2D eigenvalue weighted by molar-refractivity contribution is 6.31. The van der Waals surface area contributed by atoms with Crippen LogP contribution in [0.4, 0.5) is 0 Å². The van der Waals surface area contributed by atoms with Gasteiger partial charge in [-0.3, -0.25) is 0 Å². The number of nitrogens with two attached hydrogens (primary N) is 1. The molecule has 1 aromatic carbocycles. The largest absolute Gasteiger partial charge is 0.321 e. The molecule has 0 heterocycles. The summed E-state index contributed by atoms with van der Waals surface area (Å²) in [7, 11) is 0. The molecule has 2 N–H and O–H groups in total. The summed E-state index contributed by atoms with van der Waals surface area (Å²) < 4.78 is 0. The van der Waals surface area contributed by atoms with Crippen molar-refractivity contribution in [3.8, 4) is 0 Å². The fourth-order valence-corrected chi connectivity index (χ4v) is 3.92. The van der Waals surface area contributed by atoms with Gasteiger partial charge >= 0.3 is 0 Å². The molecule has 2 aliphatic carbocycles. The minimum Gasteiger partial charge on any atom is -0.321 e. The van der Waals surface area contributed by atoms with Gasteiger partial charge in [-0.25, -0.2) is 0 Å². The number of benzene rings is 1. The standard InChI is InChI=1S/C17H24ClN/c1-12-3-5-13(6-4-12)15-8-7-14(11-16(15)18)17(19)9-2-10-17/h7-8,11-13H,2-6,9-10,19H2,1H3. The lowest BCUT2D eigenvalue weighted by molar-refractivity contribution is 0.253. The normalized spacial score (nSPS) is 29.8. The molecular weight excluding hydrogens is 254 g/mol. The van der Waals surface area contributed by atoms with Crippen molar-refractivity contribution in [1.29, 1.82) is 0 Å². The first-order chi connectivity index (χ1) is 9.08. The molecule has 2 aliphatic rings. The van der Waals surface area contributed by atoms with Gasteiger partial charge in [-0.15, -0.1) is 0 Å². The molecule has 2 heteroatoms. The maximum absolute atomic E-state index is 6.53. The second kappa shape index (κ2) is 5.10. The average molecular weight is 278 g/mol. The molecule has 0 aromatic heterocycles. The first kappa shape index (κ1) is 13.5. The summed E-state index contributed by atoms with van der Waals surface area (Å²) in [6.45, 7) is 2.36. The molecule has 0 amide bonds. The molecular formula is C17H24ClN. The van der Waals surface area contributed by atoms with Crippen molar-refractivity contribution in [1.82, 2.24) is 0 Å². The predicted octanol–water partition coefficient (Wildman–Crippen LogP) is 4.97. The third kappa shape index (κ3) is 2.55. The van der Waals surface area contributed by atoms with E-state index in [0.717, 1.165) is 23.8 Å². The van der Waals surface area contributed by atoms with Gasteiger partial charge in [0.2, 0.25) is 0 Å². The Balaban J connectivity index is 1.80. The Morgan fingerprint density at radius 3 is 2.37 bits per heavy atom. The molecule has 0 atom stereocenters. The van der Waals surface area contributed by atoms with Gasteiger partial charge in [-0.2, -0.15) is 0 Å². The van der Waals surface area contributed by atoms with Crippen LogP contribution >= 0.6 is 11.6 Å². The summed E-state index contributed by atoms with van der Waals surface area (Å²) in [6, 6.07) is 6.59. The Bertz CT molecular complexity index is 456. The van der Waals surface area contributed by atoms with Crippen LogP contribution in [-0.2, 0) is 5.54 Å². The monoisotopic (exact) mass is 277 g/mol. The topological polar surface area (TPSA) is 26.0 Å². The van der Waals surface area contributed by atoms with E-state index in [0.29, 0.717) is 5.92 Å². The summed E-state index contributed by atoms with van der Waals surface area (Å²) in [5.74, 6) is 1.55. The first-order valence-electron chi connectivity index (χ1n) is 7.67. The van der Waals surface area contributed by atoms with Gasteiger partial charge in [-0.05, 0) is 61.1 Å². The summed E-state index contributed by atoms with van der Waals surface area (Å²) in [4.78, 5) is 0. The maximum atomic E-state index is 6.53. The molecule has 2 fully saturated rings. The second-order valence-electron chi connectivity index (χ2n) is 6.70. The van der Waals surface area contributed by atoms with E-state index < -0.39 is 0 Å². The molecule has 19 heavy (non-hydrogen) atoms. The average Bonchev–Trinajstić information content (AvgIpc) is 2.37. The quantitative estimate of drug-likeness (QED) is 0.811. The van der Waals surface area contributed by atoms with Crippen molar-refractivity contribution in [3.63, 3.8) is 0 Å². The molecule has 0 spiro atoms. The Labute approximate surface area is 121 Å². The van der Waals surface area contributed by atoms with E-state index in [9.17, 15) is 0 Å². The van der Waals surface area contributed by atoms with Crippen LogP contribution in [0.25, 0.3) is 0 Å². The molecule has 0 saturated heterocycles. The molecule has 0 aliphatic heterocycles. The maximum Gasteiger partial charge on any atom is 0.0444 e. The number of hydrogen-bond donors (Lipinski definition) is 1. The number of rotatable bonds is 2. The van der Waals surface area contributed by atoms with E-state index in [1.54, 1.807) is 0 Å². The highest BCUT2D eigenvalue weighted by Gasteiger charge is 2.34. The molecule has 1 nitrogen and oxygen atoms in total. The smallest absolute Gasteiger partial charge is 0.0444 e. The fourth-order valence-electron chi connectivity index (χ4n) is 3.59. The zero-order valence-corrected chi connectivity index (χ0v) is 12.5. The Kier molecular flexibility index (Phi) is 3.61. The van der Waals surface area contributed by atoms with E-state index in [4.69, 9.17) is 17.3 Å². The second-order valence-corrected chi connectivity index (χ2v) is 7.11. The third-order valence-corrected chi connectivity index (χ3v) is 5.60. The summed E-state index contributed by atoms with van der Waals surface area (Å²) in [5.41, 5.74) is 8.87. The van der Waals surface area contributed by atoms with Crippen LogP contribution in [0.2, 0.25) is 5.02 Å². The summed E-state index contributed by atoms with van der Waals surface area (Å²) in [6.07, 6.45) is 8.69. The van der Waals surface area contributed by atoms with Crippen molar-refractivity contribution in [2.45, 2.75) is 63.3 Å². The molecule has 1 aromatic rings. The molecule has 0 radical (unpaired) electrons. The van der Waals surface area contributed by atoms with Crippen LogP contribution in [0.5, 0.6) is 0 Å². The molecule has 0 unspecified atom stereocenters. The van der Waals surface area contributed by atoms with Gasteiger partial charge in [0.1, 0.15) is 0 Å². The molecule has 104 valence electrons. The molecule has 3 rings (SSSR count). The van der Waals surface area contributed by atoms with E-state index in [1.165, 1.54) is 43.2 Å². The lowest BCUT2D eigenvalue weighted by Crippen LogP contribution is -2.43. The first-order valence-corrected chi connectivity index (χ1v) is 8.05. The Hall–Kier alpha value is -0.530. The van der Waals surface area contributed by atoms with Crippen LogP contribution in [0.3, 0.4) is 0 Å². The van der Waals surface area contributed by atoms with Crippen molar-refractivity contribution in [2.24, 2.45) is 11.7 Å². The highest BCUT2D eigenvalue weighted by Crippen LogP contribution is 2.43. The fraction of sp³-hybridized carbons (Fsp3) is 0.647. The van der Waals surface area contributed by atoms with Gasteiger partial charge in [0.15, 0.2) is 0 Å². The zero-order valence-electron chi connectivity index (χ0n) is 11.8. The SMILES string of the molecule is CC1CCC(c2ccc(C3(N)CCC3)cc2Cl)CC1. The van der Waals surface area contributed by atoms with Crippen LogP contribution in [0, 0.1) is 5.92 Å². The van der Waals surface area contributed by atoms with E-state index >= 15 is 0 Å². The van der Waals surface area contributed by atoms with Crippen LogP contribution in [0.1, 0.15) is 68.9 Å². The predicted molar refractivity (Wildman–Crippen MR) is 81.5 cm³/mol. The Morgan fingerprint density at radius 1 is 1.16 bits per heavy atom. The van der Waals surface area contributed by atoms with Crippen molar-refractivity contribution >= 4 is 11.6 Å². The zero-order chi connectivity index (χ0) is 13.5. The van der Waals surface area contributed by atoms with Crippen molar-refractivity contribution in [2.75, 3.05) is 0 Å². The number of hydrogen-bond acceptors (Lipinski definition) is 1.